The molecule has 1 aliphatic rings. The maximum atomic E-state index is 11.6. The van der Waals surface area contributed by atoms with Crippen molar-refractivity contribution in [3.05, 3.63) is 59.3 Å². The van der Waals surface area contributed by atoms with Crippen molar-refractivity contribution < 1.29 is 9.90 Å². The van der Waals surface area contributed by atoms with Gasteiger partial charge in [-0.05, 0) is 17.2 Å². The largest absolute Gasteiger partial charge is 0.481 e. The second-order valence-electron chi connectivity index (χ2n) is 6.14. The first kappa shape index (κ1) is 15.5. The highest BCUT2D eigenvalue weighted by atomic mass is 16.4. The van der Waals surface area contributed by atoms with Gasteiger partial charge in [-0.1, -0.05) is 30.3 Å². The van der Waals surface area contributed by atoms with Gasteiger partial charge in [-0.25, -0.2) is 4.98 Å². The van der Waals surface area contributed by atoms with E-state index in [1.807, 2.05) is 49.3 Å². The zero-order chi connectivity index (χ0) is 16.4. The van der Waals surface area contributed by atoms with Crippen LogP contribution in [0.3, 0.4) is 0 Å². The van der Waals surface area contributed by atoms with Crippen molar-refractivity contribution in [2.24, 2.45) is 0 Å². The minimum absolute atomic E-state index is 0.473. The van der Waals surface area contributed by atoms with Gasteiger partial charge >= 0.3 is 5.97 Å². The van der Waals surface area contributed by atoms with Gasteiger partial charge < -0.3 is 10.0 Å². The van der Waals surface area contributed by atoms with Gasteiger partial charge in [0, 0.05) is 45.5 Å². The maximum absolute atomic E-state index is 11.6. The van der Waals surface area contributed by atoms with E-state index in [4.69, 9.17) is 0 Å². The Morgan fingerprint density at radius 1 is 1.30 bits per heavy atom. The molecule has 23 heavy (non-hydrogen) atoms. The van der Waals surface area contributed by atoms with Crippen LogP contribution >= 0.6 is 0 Å². The summed E-state index contributed by atoms with van der Waals surface area (Å²) in [6.07, 6.45) is 1.78. The number of anilines is 1. The fourth-order valence-corrected chi connectivity index (χ4v) is 3.21. The molecule has 5 nitrogen and oxygen atoms in total. The summed E-state index contributed by atoms with van der Waals surface area (Å²) in [4.78, 5) is 20.2. The predicted octanol–water partition coefficient (Wildman–Crippen LogP) is 2.33. The van der Waals surface area contributed by atoms with Crippen molar-refractivity contribution in [1.82, 2.24) is 9.88 Å². The van der Waals surface area contributed by atoms with Crippen LogP contribution in [-0.2, 0) is 17.9 Å². The van der Waals surface area contributed by atoms with Crippen LogP contribution in [0.2, 0.25) is 0 Å². The summed E-state index contributed by atoms with van der Waals surface area (Å²) in [7, 11) is 3.94. The van der Waals surface area contributed by atoms with E-state index in [2.05, 4.69) is 16.0 Å². The highest BCUT2D eigenvalue weighted by Gasteiger charge is 2.30. The SMILES string of the molecule is CN(C)c1ncccc1CN1Cc2ccccc2C(C(=O)O)C1. The highest BCUT2D eigenvalue weighted by molar-refractivity contribution is 5.77. The number of carboxylic acid groups (broad SMARTS) is 1. The average Bonchev–Trinajstić information content (AvgIpc) is 2.54. The van der Waals surface area contributed by atoms with Gasteiger partial charge in [-0.3, -0.25) is 9.69 Å². The molecule has 5 heteroatoms. The van der Waals surface area contributed by atoms with Crippen LogP contribution in [0.15, 0.2) is 42.6 Å². The van der Waals surface area contributed by atoms with Crippen molar-refractivity contribution in [3.8, 4) is 0 Å². The topological polar surface area (TPSA) is 56.7 Å². The molecule has 1 aliphatic heterocycles. The normalized spacial score (nSPS) is 17.6. The van der Waals surface area contributed by atoms with Crippen LogP contribution in [-0.4, -0.2) is 41.6 Å². The molecule has 1 aromatic carbocycles. The quantitative estimate of drug-likeness (QED) is 0.939. The van der Waals surface area contributed by atoms with E-state index in [1.165, 1.54) is 0 Å². The number of carboxylic acids is 1. The Morgan fingerprint density at radius 2 is 2.09 bits per heavy atom. The lowest BCUT2D eigenvalue weighted by Crippen LogP contribution is -2.36. The molecule has 0 amide bonds. The Labute approximate surface area is 136 Å². The zero-order valence-electron chi connectivity index (χ0n) is 13.4. The standard InChI is InChI=1S/C18H21N3O2/c1-20(2)17-14(7-5-9-19-17)11-21-10-13-6-3-4-8-15(13)16(12-21)18(22)23/h3-9,16H,10-12H2,1-2H3,(H,22,23). The van der Waals surface area contributed by atoms with E-state index in [1.54, 1.807) is 6.20 Å². The molecule has 1 N–H and O–H groups in total. The summed E-state index contributed by atoms with van der Waals surface area (Å²) in [6.45, 7) is 1.98. The van der Waals surface area contributed by atoms with Crippen LogP contribution in [0.5, 0.6) is 0 Å². The summed E-state index contributed by atoms with van der Waals surface area (Å²) in [5.74, 6) is -0.307. The molecule has 0 fully saturated rings. The molecule has 2 heterocycles. The van der Waals surface area contributed by atoms with E-state index in [9.17, 15) is 9.90 Å². The monoisotopic (exact) mass is 311 g/mol. The van der Waals surface area contributed by atoms with Crippen molar-refractivity contribution in [2.45, 2.75) is 19.0 Å². The lowest BCUT2D eigenvalue weighted by atomic mass is 9.89. The van der Waals surface area contributed by atoms with Crippen LogP contribution in [0.25, 0.3) is 0 Å². The molecule has 0 radical (unpaired) electrons. The molecule has 0 bridgehead atoms. The third kappa shape index (κ3) is 3.19. The maximum Gasteiger partial charge on any atom is 0.312 e. The molecule has 120 valence electrons. The lowest BCUT2D eigenvalue weighted by molar-refractivity contribution is -0.139. The van der Waals surface area contributed by atoms with Crippen LogP contribution in [0.4, 0.5) is 5.82 Å². The van der Waals surface area contributed by atoms with Gasteiger partial charge in [-0.15, -0.1) is 0 Å². The lowest BCUT2D eigenvalue weighted by Gasteiger charge is -2.33. The van der Waals surface area contributed by atoms with Gasteiger partial charge in [0.1, 0.15) is 5.82 Å². The Balaban J connectivity index is 1.87. The molecule has 3 rings (SSSR count). The van der Waals surface area contributed by atoms with Gasteiger partial charge in [0.05, 0.1) is 5.92 Å². The number of hydrogen-bond donors (Lipinski definition) is 1. The number of pyridine rings is 1. The summed E-state index contributed by atoms with van der Waals surface area (Å²) in [6, 6.07) is 11.8. The minimum Gasteiger partial charge on any atom is -0.481 e. The number of aliphatic carboxylic acids is 1. The Bertz CT molecular complexity index is 715. The number of fused-ring (bicyclic) bond motifs is 1. The van der Waals surface area contributed by atoms with Crippen LogP contribution in [0.1, 0.15) is 22.6 Å². The third-order valence-electron chi connectivity index (χ3n) is 4.25. The van der Waals surface area contributed by atoms with E-state index < -0.39 is 11.9 Å². The number of benzene rings is 1. The van der Waals surface area contributed by atoms with Crippen LogP contribution in [0, 0.1) is 0 Å². The minimum atomic E-state index is -0.763. The first-order valence-corrected chi connectivity index (χ1v) is 7.70. The molecule has 1 aromatic heterocycles. The third-order valence-corrected chi connectivity index (χ3v) is 4.25. The number of rotatable bonds is 4. The molecule has 1 unspecified atom stereocenters. The summed E-state index contributed by atoms with van der Waals surface area (Å²) < 4.78 is 0. The average molecular weight is 311 g/mol. The number of carbonyl (C=O) groups is 1. The smallest absolute Gasteiger partial charge is 0.312 e. The van der Waals surface area contributed by atoms with E-state index in [0.29, 0.717) is 13.1 Å². The van der Waals surface area contributed by atoms with Crippen LogP contribution < -0.4 is 4.90 Å². The summed E-state index contributed by atoms with van der Waals surface area (Å²) in [5, 5.41) is 9.56. The molecule has 0 spiro atoms. The first-order valence-electron chi connectivity index (χ1n) is 7.70. The van der Waals surface area contributed by atoms with E-state index in [0.717, 1.165) is 29.1 Å². The van der Waals surface area contributed by atoms with Gasteiger partial charge in [0.15, 0.2) is 0 Å². The molecule has 2 aromatic rings. The number of nitrogens with zero attached hydrogens (tertiary/aromatic N) is 3. The summed E-state index contributed by atoms with van der Waals surface area (Å²) >= 11 is 0. The second-order valence-corrected chi connectivity index (χ2v) is 6.14. The van der Waals surface area contributed by atoms with Gasteiger partial charge in [0.25, 0.3) is 0 Å². The molecular formula is C18H21N3O2. The van der Waals surface area contributed by atoms with Crippen molar-refractivity contribution in [2.75, 3.05) is 25.5 Å². The summed E-state index contributed by atoms with van der Waals surface area (Å²) in [5.41, 5.74) is 3.15. The Hall–Kier alpha value is -2.40. The number of aromatic nitrogens is 1. The second kappa shape index (κ2) is 6.38. The molecular weight excluding hydrogens is 290 g/mol. The molecule has 0 aliphatic carbocycles. The Kier molecular flexibility index (Phi) is 4.30. The highest BCUT2D eigenvalue weighted by Crippen LogP contribution is 2.30. The van der Waals surface area contributed by atoms with Crippen molar-refractivity contribution >= 4 is 11.8 Å². The molecule has 1 atom stereocenters. The number of hydrogen-bond acceptors (Lipinski definition) is 4. The van der Waals surface area contributed by atoms with Crippen molar-refractivity contribution in [3.63, 3.8) is 0 Å². The Morgan fingerprint density at radius 3 is 2.83 bits per heavy atom. The van der Waals surface area contributed by atoms with Gasteiger partial charge in [0.2, 0.25) is 0 Å². The fourth-order valence-electron chi connectivity index (χ4n) is 3.21. The molecule has 0 saturated heterocycles. The predicted molar refractivity (Wildman–Crippen MR) is 89.5 cm³/mol. The fraction of sp³-hybridized carbons (Fsp3) is 0.333. The van der Waals surface area contributed by atoms with E-state index >= 15 is 0 Å². The first-order chi connectivity index (χ1) is 11.1. The van der Waals surface area contributed by atoms with Crippen molar-refractivity contribution in [1.29, 1.82) is 0 Å². The van der Waals surface area contributed by atoms with Gasteiger partial charge in [-0.2, -0.15) is 0 Å². The zero-order valence-corrected chi connectivity index (χ0v) is 13.4. The molecule has 0 saturated carbocycles. The van der Waals surface area contributed by atoms with E-state index in [-0.39, 0.29) is 0 Å².